The molecule has 0 bridgehead atoms. The summed E-state index contributed by atoms with van der Waals surface area (Å²) in [6, 6.07) is 8.85. The quantitative estimate of drug-likeness (QED) is 0.732. The summed E-state index contributed by atoms with van der Waals surface area (Å²) in [6.45, 7) is 6.82. The van der Waals surface area contributed by atoms with Crippen LogP contribution in [0.25, 0.3) is 0 Å². The molecule has 3 rings (SSSR count). The van der Waals surface area contributed by atoms with E-state index >= 15 is 0 Å². The van der Waals surface area contributed by atoms with E-state index in [0.717, 1.165) is 39.3 Å². The Morgan fingerprint density at radius 1 is 1.03 bits per heavy atom. The molecule has 31 heavy (non-hydrogen) atoms. The lowest BCUT2D eigenvalue weighted by Gasteiger charge is -2.33. The van der Waals surface area contributed by atoms with Gasteiger partial charge in [0.25, 0.3) is 0 Å². The maximum absolute atomic E-state index is 14.0. The molecular formula is C22H27F2N3O3S. The fraction of sp³-hybridized carbons (Fsp3) is 0.409. The van der Waals surface area contributed by atoms with E-state index < -0.39 is 26.6 Å². The standard InChI is InChI=1S/C22H27F2N3O3S/c1-15(2)17-7-4-6-16(3)21(17)25-20(28)14-26-10-12-27(13-11-26)31(29,30)22-18(23)8-5-9-19(22)24/h4-9,15H,10-14H2,1-3H3,(H,25,28). The van der Waals surface area contributed by atoms with Crippen molar-refractivity contribution in [1.29, 1.82) is 0 Å². The van der Waals surface area contributed by atoms with Crippen LogP contribution >= 0.6 is 0 Å². The molecule has 0 aromatic heterocycles. The van der Waals surface area contributed by atoms with Crippen molar-refractivity contribution in [2.75, 3.05) is 38.0 Å². The van der Waals surface area contributed by atoms with Crippen molar-refractivity contribution in [3.05, 3.63) is 59.2 Å². The van der Waals surface area contributed by atoms with Gasteiger partial charge in [-0.25, -0.2) is 17.2 Å². The average Bonchev–Trinajstić information content (AvgIpc) is 2.69. The van der Waals surface area contributed by atoms with Crippen LogP contribution in [-0.2, 0) is 14.8 Å². The molecule has 0 saturated carbocycles. The van der Waals surface area contributed by atoms with Crippen LogP contribution in [0.15, 0.2) is 41.3 Å². The van der Waals surface area contributed by atoms with Crippen molar-refractivity contribution in [3.8, 4) is 0 Å². The highest BCUT2D eigenvalue weighted by atomic mass is 32.2. The summed E-state index contributed by atoms with van der Waals surface area (Å²) in [5.41, 5.74) is 2.83. The first-order chi connectivity index (χ1) is 14.6. The number of para-hydroxylation sites is 1. The SMILES string of the molecule is Cc1cccc(C(C)C)c1NC(=O)CN1CCN(S(=O)(=O)c2c(F)cccc2F)CC1. The first-order valence-electron chi connectivity index (χ1n) is 10.2. The van der Waals surface area contributed by atoms with Gasteiger partial charge in [-0.1, -0.05) is 38.1 Å². The second-order valence-electron chi connectivity index (χ2n) is 7.97. The number of amides is 1. The van der Waals surface area contributed by atoms with E-state index in [1.165, 1.54) is 0 Å². The molecule has 1 aliphatic rings. The summed E-state index contributed by atoms with van der Waals surface area (Å²) < 4.78 is 54.4. The number of sulfonamides is 1. The number of benzene rings is 2. The smallest absolute Gasteiger partial charge is 0.249 e. The Bertz CT molecular complexity index is 1050. The Morgan fingerprint density at radius 2 is 1.61 bits per heavy atom. The molecule has 0 unspecified atom stereocenters. The molecule has 168 valence electrons. The van der Waals surface area contributed by atoms with Crippen molar-refractivity contribution < 1.29 is 22.0 Å². The number of anilines is 1. The second-order valence-corrected chi connectivity index (χ2v) is 9.85. The third-order valence-electron chi connectivity index (χ3n) is 5.41. The highest BCUT2D eigenvalue weighted by molar-refractivity contribution is 7.89. The molecule has 0 aliphatic carbocycles. The molecule has 0 atom stereocenters. The Kier molecular flexibility index (Phi) is 7.08. The molecule has 1 N–H and O–H groups in total. The van der Waals surface area contributed by atoms with Crippen LogP contribution in [0.4, 0.5) is 14.5 Å². The largest absolute Gasteiger partial charge is 0.324 e. The maximum atomic E-state index is 14.0. The van der Waals surface area contributed by atoms with Crippen LogP contribution in [0.1, 0.15) is 30.9 Å². The number of nitrogens with zero attached hydrogens (tertiary/aromatic N) is 2. The number of carbonyl (C=O) groups is 1. The predicted molar refractivity (Wildman–Crippen MR) is 115 cm³/mol. The normalized spacial score (nSPS) is 15.9. The molecule has 1 saturated heterocycles. The minimum atomic E-state index is -4.29. The van der Waals surface area contributed by atoms with Crippen LogP contribution in [0, 0.1) is 18.6 Å². The first kappa shape index (κ1) is 23.3. The van der Waals surface area contributed by atoms with Crippen molar-refractivity contribution in [2.45, 2.75) is 31.6 Å². The Labute approximate surface area is 181 Å². The summed E-state index contributed by atoms with van der Waals surface area (Å²) in [5, 5.41) is 2.98. The fourth-order valence-electron chi connectivity index (χ4n) is 3.71. The zero-order valence-electron chi connectivity index (χ0n) is 17.9. The van der Waals surface area contributed by atoms with E-state index in [1.807, 2.05) is 30.0 Å². The average molecular weight is 452 g/mol. The Morgan fingerprint density at radius 3 is 2.19 bits per heavy atom. The molecule has 9 heteroatoms. The summed E-state index contributed by atoms with van der Waals surface area (Å²) in [5.74, 6) is -2.16. The first-order valence-corrected chi connectivity index (χ1v) is 11.6. The van der Waals surface area contributed by atoms with E-state index in [2.05, 4.69) is 19.2 Å². The lowest BCUT2D eigenvalue weighted by molar-refractivity contribution is -0.117. The van der Waals surface area contributed by atoms with Gasteiger partial charge in [-0.2, -0.15) is 4.31 Å². The summed E-state index contributed by atoms with van der Waals surface area (Å²) >= 11 is 0. The number of piperazine rings is 1. The highest BCUT2D eigenvalue weighted by Gasteiger charge is 2.33. The van der Waals surface area contributed by atoms with Crippen molar-refractivity contribution in [1.82, 2.24) is 9.21 Å². The molecule has 1 heterocycles. The van der Waals surface area contributed by atoms with Gasteiger partial charge in [0.1, 0.15) is 11.6 Å². The van der Waals surface area contributed by atoms with E-state index in [4.69, 9.17) is 0 Å². The third kappa shape index (κ3) is 5.11. The van der Waals surface area contributed by atoms with E-state index in [9.17, 15) is 22.0 Å². The molecule has 2 aromatic carbocycles. The minimum absolute atomic E-state index is 0.0466. The monoisotopic (exact) mass is 451 g/mol. The molecule has 1 amide bonds. The van der Waals surface area contributed by atoms with Gasteiger partial charge in [0, 0.05) is 31.9 Å². The van der Waals surface area contributed by atoms with Gasteiger partial charge in [0.15, 0.2) is 4.90 Å². The van der Waals surface area contributed by atoms with Crippen LogP contribution in [0.2, 0.25) is 0 Å². The molecule has 1 fully saturated rings. The van der Waals surface area contributed by atoms with Crippen LogP contribution in [-0.4, -0.2) is 56.3 Å². The fourth-order valence-corrected chi connectivity index (χ4v) is 5.24. The zero-order chi connectivity index (χ0) is 22.8. The Hall–Kier alpha value is -2.36. The van der Waals surface area contributed by atoms with E-state index in [1.54, 1.807) is 0 Å². The van der Waals surface area contributed by atoms with Crippen LogP contribution in [0.3, 0.4) is 0 Å². The lowest BCUT2D eigenvalue weighted by Crippen LogP contribution is -2.50. The van der Waals surface area contributed by atoms with Crippen molar-refractivity contribution >= 4 is 21.6 Å². The number of carbonyl (C=O) groups excluding carboxylic acids is 1. The number of nitrogens with one attached hydrogen (secondary N) is 1. The number of rotatable bonds is 6. The summed E-state index contributed by atoms with van der Waals surface area (Å²) in [4.78, 5) is 13.5. The van der Waals surface area contributed by atoms with Gasteiger partial charge < -0.3 is 5.32 Å². The number of halogens is 2. The van der Waals surface area contributed by atoms with Gasteiger partial charge in [-0.3, -0.25) is 9.69 Å². The van der Waals surface area contributed by atoms with Crippen molar-refractivity contribution in [2.24, 2.45) is 0 Å². The van der Waals surface area contributed by atoms with Gasteiger partial charge in [0.05, 0.1) is 6.54 Å². The third-order valence-corrected chi connectivity index (χ3v) is 7.36. The van der Waals surface area contributed by atoms with Crippen LogP contribution < -0.4 is 5.32 Å². The molecule has 6 nitrogen and oxygen atoms in total. The Balaban J connectivity index is 1.63. The summed E-state index contributed by atoms with van der Waals surface area (Å²) in [6.07, 6.45) is 0. The second kappa shape index (κ2) is 9.42. The number of aryl methyl sites for hydroxylation is 1. The molecule has 0 radical (unpaired) electrons. The van der Waals surface area contributed by atoms with Crippen LogP contribution in [0.5, 0.6) is 0 Å². The number of hydrogen-bond acceptors (Lipinski definition) is 4. The molecule has 1 aliphatic heterocycles. The van der Waals surface area contributed by atoms with Gasteiger partial charge in [0.2, 0.25) is 15.9 Å². The topological polar surface area (TPSA) is 69.7 Å². The highest BCUT2D eigenvalue weighted by Crippen LogP contribution is 2.27. The van der Waals surface area contributed by atoms with Gasteiger partial charge in [-0.15, -0.1) is 0 Å². The molecular weight excluding hydrogens is 424 g/mol. The summed E-state index contributed by atoms with van der Waals surface area (Å²) in [7, 11) is -4.29. The van der Waals surface area contributed by atoms with Gasteiger partial charge >= 0.3 is 0 Å². The maximum Gasteiger partial charge on any atom is 0.249 e. The van der Waals surface area contributed by atoms with Crippen molar-refractivity contribution in [3.63, 3.8) is 0 Å². The molecule has 0 spiro atoms. The zero-order valence-corrected chi connectivity index (χ0v) is 18.7. The van der Waals surface area contributed by atoms with E-state index in [-0.39, 0.29) is 44.5 Å². The van der Waals surface area contributed by atoms with E-state index in [0.29, 0.717) is 0 Å². The minimum Gasteiger partial charge on any atom is -0.324 e. The van der Waals surface area contributed by atoms with Gasteiger partial charge in [-0.05, 0) is 36.1 Å². The number of hydrogen-bond donors (Lipinski definition) is 1. The lowest BCUT2D eigenvalue weighted by atomic mass is 9.98. The predicted octanol–water partition coefficient (Wildman–Crippen LogP) is 3.34. The molecule has 2 aromatic rings.